The molecule has 0 spiro atoms. The molecule has 37 heavy (non-hydrogen) atoms. The number of rotatable bonds is 11. The maximum Gasteiger partial charge on any atom is 0.246 e. The van der Waals surface area contributed by atoms with E-state index in [1.165, 1.54) is 0 Å². The average Bonchev–Trinajstić information content (AvgIpc) is 2.74. The van der Waals surface area contributed by atoms with E-state index in [0.29, 0.717) is 23.2 Å². The van der Waals surface area contributed by atoms with Crippen molar-refractivity contribution in [1.82, 2.24) is 0 Å². The first-order chi connectivity index (χ1) is 16.9. The molecule has 0 aliphatic carbocycles. The van der Waals surface area contributed by atoms with Gasteiger partial charge in [-0.05, 0) is 32.8 Å². The van der Waals surface area contributed by atoms with Crippen LogP contribution in [0.1, 0.15) is 88.6 Å². The number of hydrogen-bond donors (Lipinski definition) is 1. The van der Waals surface area contributed by atoms with Crippen LogP contribution in [-0.2, 0) is 18.6 Å². The van der Waals surface area contributed by atoms with Crippen LogP contribution in [0.3, 0.4) is 0 Å². The summed E-state index contributed by atoms with van der Waals surface area (Å²) in [4.78, 5) is 6.47. The van der Waals surface area contributed by atoms with Gasteiger partial charge < -0.3 is 14.3 Å². The Balaban J connectivity index is 2.55. The van der Waals surface area contributed by atoms with Crippen molar-refractivity contribution in [2.24, 2.45) is 0 Å². The summed E-state index contributed by atoms with van der Waals surface area (Å²) in [6, 6.07) is 10.1. The highest BCUT2D eigenvalue weighted by Gasteiger charge is 2.54. The highest BCUT2D eigenvalue weighted by atomic mass is 28.4. The Kier molecular flexibility index (Phi) is 11.1. The van der Waals surface area contributed by atoms with Crippen molar-refractivity contribution < 1.29 is 23.7 Å². The minimum atomic E-state index is -2.32. The normalized spacial score (nSPS) is 24.2. The van der Waals surface area contributed by atoms with Gasteiger partial charge in [-0.3, -0.25) is 4.58 Å². The van der Waals surface area contributed by atoms with Gasteiger partial charge in [0.2, 0.25) is 8.32 Å². The van der Waals surface area contributed by atoms with E-state index in [1.54, 1.807) is 0 Å². The van der Waals surface area contributed by atoms with Crippen molar-refractivity contribution in [3.05, 3.63) is 42.0 Å². The summed E-state index contributed by atoms with van der Waals surface area (Å²) in [5, 5.41) is 11.4. The molecule has 0 radical (unpaired) electrons. The van der Waals surface area contributed by atoms with Crippen molar-refractivity contribution in [2.75, 3.05) is 6.61 Å². The summed E-state index contributed by atoms with van der Waals surface area (Å²) in [5.41, 5.74) is 2.08. The van der Waals surface area contributed by atoms with Gasteiger partial charge in [0, 0.05) is 5.56 Å². The van der Waals surface area contributed by atoms with E-state index in [9.17, 15) is 5.11 Å². The van der Waals surface area contributed by atoms with Gasteiger partial charge in [-0.25, -0.2) is 4.89 Å². The van der Waals surface area contributed by atoms with Gasteiger partial charge in [0.1, 0.15) is 23.2 Å². The Morgan fingerprint density at radius 3 is 1.92 bits per heavy atom. The van der Waals surface area contributed by atoms with E-state index in [0.717, 1.165) is 11.3 Å². The fraction of sp³-hybridized carbons (Fsp3) is 0.724. The van der Waals surface area contributed by atoms with Crippen LogP contribution in [0.25, 0.3) is 5.76 Å². The van der Waals surface area contributed by atoms with Gasteiger partial charge in [0.25, 0.3) is 0 Å². The molecule has 0 aromatic heterocycles. The average molecular weight is 567 g/mol. The first kappa shape index (κ1) is 32.5. The Labute approximate surface area is 232 Å². The van der Waals surface area contributed by atoms with E-state index >= 15 is 0 Å². The fourth-order valence-electron chi connectivity index (χ4n) is 5.78. The van der Waals surface area contributed by atoms with Crippen molar-refractivity contribution in [2.45, 2.75) is 127 Å². The number of hydrogen-bond acceptors (Lipinski definition) is 5. The standard InChI is InChI=1S/C29H54O5Si3/c1-20(2)37(21(3)4,22(5)6)34-33-25-18-24(23-16-14-13-15-17-23)32-26(19-31-36-28(10,11)12)29(25,30)35-27(7,8)9/h13-18,20-22,25-26,30H,19,35-36H2,1-12H3/t25-,26-,29-/m1/s1. The Bertz CT molecular complexity index is 852. The summed E-state index contributed by atoms with van der Waals surface area (Å²) >= 11 is 0. The van der Waals surface area contributed by atoms with Gasteiger partial charge in [0.15, 0.2) is 9.76 Å². The predicted molar refractivity (Wildman–Crippen MR) is 164 cm³/mol. The molecule has 0 amide bonds. The zero-order valence-electron chi connectivity index (χ0n) is 25.6. The summed E-state index contributed by atoms with van der Waals surface area (Å²) < 4.78 is 19.5. The summed E-state index contributed by atoms with van der Waals surface area (Å²) in [5.74, 6) is 0.721. The fourth-order valence-corrected chi connectivity index (χ4v) is 14.1. The van der Waals surface area contributed by atoms with E-state index in [2.05, 4.69) is 83.1 Å². The molecule has 5 nitrogen and oxygen atoms in total. The highest BCUT2D eigenvalue weighted by Crippen LogP contribution is 2.45. The first-order valence-corrected chi connectivity index (χ1v) is 18.8. The lowest BCUT2D eigenvalue weighted by atomic mass is 10.0. The van der Waals surface area contributed by atoms with E-state index in [-0.39, 0.29) is 10.1 Å². The zero-order chi connectivity index (χ0) is 28.2. The molecule has 1 aromatic carbocycles. The summed E-state index contributed by atoms with van der Waals surface area (Å²) in [6.07, 6.45) is 0.803. The van der Waals surface area contributed by atoms with Crippen molar-refractivity contribution in [3.63, 3.8) is 0 Å². The van der Waals surface area contributed by atoms with Crippen LogP contribution in [-0.4, -0.2) is 56.7 Å². The molecular formula is C29H54O5Si3. The lowest BCUT2D eigenvalue weighted by molar-refractivity contribution is -0.286. The molecule has 1 aliphatic heterocycles. The molecule has 8 heteroatoms. The largest absolute Gasteiger partial charge is 0.485 e. The number of ether oxygens (including phenoxy) is 1. The van der Waals surface area contributed by atoms with E-state index < -0.39 is 45.0 Å². The van der Waals surface area contributed by atoms with Gasteiger partial charge in [-0.15, -0.1) is 0 Å². The Morgan fingerprint density at radius 2 is 1.46 bits per heavy atom. The molecule has 0 fully saturated rings. The van der Waals surface area contributed by atoms with Gasteiger partial charge in [-0.1, -0.05) is 113 Å². The van der Waals surface area contributed by atoms with Crippen LogP contribution in [0.4, 0.5) is 0 Å². The first-order valence-electron chi connectivity index (χ1n) is 14.0. The minimum Gasteiger partial charge on any atom is -0.485 e. The van der Waals surface area contributed by atoms with Crippen LogP contribution in [0, 0.1) is 0 Å². The molecule has 1 heterocycles. The second-order valence-corrected chi connectivity index (χ2v) is 26.0. The SMILES string of the molecule is CC(C)[Si](OO[C@@H]1C=C(c2ccccc2)O[C@H](CO[SiH2]C(C)(C)C)[C@]1(O)[SiH2]C(C)(C)C)(C(C)C)C(C)C. The molecular weight excluding hydrogens is 513 g/mol. The molecule has 0 saturated heterocycles. The smallest absolute Gasteiger partial charge is 0.246 e. The molecule has 1 aromatic rings. The third kappa shape index (κ3) is 8.37. The van der Waals surface area contributed by atoms with Crippen LogP contribution >= 0.6 is 0 Å². The number of aliphatic hydroxyl groups is 1. The molecule has 212 valence electrons. The van der Waals surface area contributed by atoms with E-state index in [4.69, 9.17) is 18.6 Å². The van der Waals surface area contributed by atoms with Crippen LogP contribution < -0.4 is 0 Å². The van der Waals surface area contributed by atoms with Crippen molar-refractivity contribution in [3.8, 4) is 0 Å². The highest BCUT2D eigenvalue weighted by molar-refractivity contribution is 6.77. The Morgan fingerprint density at radius 1 is 0.919 bits per heavy atom. The predicted octanol–water partition coefficient (Wildman–Crippen LogP) is 6.31. The third-order valence-corrected chi connectivity index (χ3v) is 16.9. The molecule has 0 bridgehead atoms. The summed E-state index contributed by atoms with van der Waals surface area (Å²) in [6.45, 7) is 27.0. The van der Waals surface area contributed by atoms with Crippen LogP contribution in [0.2, 0.25) is 26.7 Å². The number of benzene rings is 1. The summed E-state index contributed by atoms with van der Waals surface area (Å²) in [7, 11) is -4.27. The van der Waals surface area contributed by atoms with Crippen molar-refractivity contribution >= 4 is 33.4 Å². The molecule has 3 atom stereocenters. The molecule has 1 N–H and O–H groups in total. The maximum absolute atomic E-state index is 12.5. The van der Waals surface area contributed by atoms with Crippen molar-refractivity contribution in [1.29, 1.82) is 0 Å². The second kappa shape index (κ2) is 12.6. The zero-order valence-corrected chi connectivity index (χ0v) is 29.4. The third-order valence-electron chi connectivity index (χ3n) is 7.30. The monoisotopic (exact) mass is 566 g/mol. The molecule has 0 saturated carbocycles. The van der Waals surface area contributed by atoms with Gasteiger partial charge in [0.05, 0.1) is 16.1 Å². The minimum absolute atomic E-state index is 0.0276. The van der Waals surface area contributed by atoms with Gasteiger partial charge in [-0.2, -0.15) is 0 Å². The quantitative estimate of drug-likeness (QED) is 0.193. The second-order valence-electron chi connectivity index (χ2n) is 14.2. The molecule has 0 unspecified atom stereocenters. The molecule has 1 aliphatic rings. The van der Waals surface area contributed by atoms with Crippen LogP contribution in [0.5, 0.6) is 0 Å². The lowest BCUT2D eigenvalue weighted by Gasteiger charge is -2.48. The van der Waals surface area contributed by atoms with E-state index in [1.807, 2.05) is 36.4 Å². The topological polar surface area (TPSA) is 57.2 Å². The Hall–Kier alpha value is -0.749. The molecule has 2 rings (SSSR count). The van der Waals surface area contributed by atoms with Crippen LogP contribution in [0.15, 0.2) is 36.4 Å². The van der Waals surface area contributed by atoms with Gasteiger partial charge >= 0.3 is 0 Å². The maximum atomic E-state index is 12.5. The lowest BCUT2D eigenvalue weighted by Crippen LogP contribution is -2.63.